The van der Waals surface area contributed by atoms with E-state index in [1.54, 1.807) is 44.6 Å². The minimum Gasteiger partial charge on any atom is -0.504 e. The summed E-state index contributed by atoms with van der Waals surface area (Å²) < 4.78 is 15.7. The summed E-state index contributed by atoms with van der Waals surface area (Å²) in [5, 5.41) is 21.6. The van der Waals surface area contributed by atoms with E-state index in [0.29, 0.717) is 30.2 Å². The molecule has 2 N–H and O–H groups in total. The number of nitriles is 1. The van der Waals surface area contributed by atoms with Gasteiger partial charge in [0.2, 0.25) is 0 Å². The highest BCUT2D eigenvalue weighted by Gasteiger charge is 2.11. The molecule has 2 rings (SSSR count). The number of ether oxygens (including phenoxy) is 3. The molecule has 0 saturated carbocycles. The number of nitrogens with zero attached hydrogens (tertiary/aromatic N) is 1. The third-order valence-corrected chi connectivity index (χ3v) is 4.28. The number of phenols is 1. The summed E-state index contributed by atoms with van der Waals surface area (Å²) in [6.07, 6.45) is 5.25. The molecule has 7 heteroatoms. The summed E-state index contributed by atoms with van der Waals surface area (Å²) >= 11 is 0. The van der Waals surface area contributed by atoms with Crippen molar-refractivity contribution in [3.63, 3.8) is 0 Å². The third-order valence-electron chi connectivity index (χ3n) is 4.28. The lowest BCUT2D eigenvalue weighted by atomic mass is 10.1. The van der Waals surface area contributed by atoms with Crippen LogP contribution in [-0.2, 0) is 11.2 Å². The highest BCUT2D eigenvalue weighted by atomic mass is 16.5. The van der Waals surface area contributed by atoms with Crippen LogP contribution in [0, 0.1) is 11.3 Å². The summed E-state index contributed by atoms with van der Waals surface area (Å²) in [6.45, 7) is 0.334. The Morgan fingerprint density at radius 1 is 1.13 bits per heavy atom. The van der Waals surface area contributed by atoms with Gasteiger partial charge in [-0.25, -0.2) is 0 Å². The molecule has 1 amide bonds. The molecule has 0 atom stereocenters. The number of aromatic hydroxyl groups is 1. The van der Waals surface area contributed by atoms with Crippen LogP contribution < -0.4 is 19.5 Å². The Morgan fingerprint density at radius 3 is 2.57 bits per heavy atom. The standard InChI is InChI=1S/C23H24N2O5/c1-28-20-9-5-7-17(22(20)30-3)12-13-25-23(27)18(15-24)8-4-6-16-10-11-19(26)21(14-16)29-2/h4-11,14,26H,12-13H2,1-3H3,(H,25,27)/b6-4+,18-8+. The Labute approximate surface area is 175 Å². The van der Waals surface area contributed by atoms with Crippen LogP contribution in [0.2, 0.25) is 0 Å². The summed E-state index contributed by atoms with van der Waals surface area (Å²) in [4.78, 5) is 12.3. The second kappa shape index (κ2) is 11.2. The first-order valence-electron chi connectivity index (χ1n) is 9.17. The zero-order valence-corrected chi connectivity index (χ0v) is 17.1. The molecule has 30 heavy (non-hydrogen) atoms. The monoisotopic (exact) mass is 408 g/mol. The minimum atomic E-state index is -0.465. The number of amides is 1. The number of benzene rings is 2. The van der Waals surface area contributed by atoms with Crippen molar-refractivity contribution in [3.8, 4) is 29.1 Å². The zero-order chi connectivity index (χ0) is 21.9. The summed E-state index contributed by atoms with van der Waals surface area (Å²) in [6, 6.07) is 12.3. The maximum atomic E-state index is 12.3. The summed E-state index contributed by atoms with van der Waals surface area (Å²) in [5.41, 5.74) is 1.62. The molecule has 0 saturated heterocycles. The van der Waals surface area contributed by atoms with Crippen molar-refractivity contribution in [1.29, 1.82) is 5.26 Å². The first-order chi connectivity index (χ1) is 14.5. The molecule has 0 spiro atoms. The lowest BCUT2D eigenvalue weighted by Crippen LogP contribution is -2.26. The number of hydrogen-bond donors (Lipinski definition) is 2. The van der Waals surface area contributed by atoms with Crippen molar-refractivity contribution in [2.75, 3.05) is 27.9 Å². The lowest BCUT2D eigenvalue weighted by molar-refractivity contribution is -0.117. The van der Waals surface area contributed by atoms with E-state index in [9.17, 15) is 15.2 Å². The Hall–Kier alpha value is -3.92. The van der Waals surface area contributed by atoms with Gasteiger partial charge in [-0.3, -0.25) is 4.79 Å². The van der Waals surface area contributed by atoms with Gasteiger partial charge in [-0.15, -0.1) is 0 Å². The highest BCUT2D eigenvalue weighted by Crippen LogP contribution is 2.30. The molecular formula is C23H24N2O5. The first-order valence-corrected chi connectivity index (χ1v) is 9.17. The number of phenolic OH excluding ortho intramolecular Hbond substituents is 1. The van der Waals surface area contributed by atoms with Gasteiger partial charge in [0.15, 0.2) is 23.0 Å². The smallest absolute Gasteiger partial charge is 0.261 e. The van der Waals surface area contributed by atoms with E-state index in [2.05, 4.69) is 5.32 Å². The van der Waals surface area contributed by atoms with Crippen LogP contribution in [0.25, 0.3) is 6.08 Å². The van der Waals surface area contributed by atoms with E-state index in [-0.39, 0.29) is 11.3 Å². The van der Waals surface area contributed by atoms with Crippen molar-refractivity contribution >= 4 is 12.0 Å². The van der Waals surface area contributed by atoms with E-state index in [1.165, 1.54) is 19.3 Å². The second-order valence-electron chi connectivity index (χ2n) is 6.14. The van der Waals surface area contributed by atoms with Crippen molar-refractivity contribution in [3.05, 3.63) is 65.3 Å². The lowest BCUT2D eigenvalue weighted by Gasteiger charge is -2.12. The predicted octanol–water partition coefficient (Wildman–Crippen LogP) is 3.24. The Bertz CT molecular complexity index is 990. The van der Waals surface area contributed by atoms with Crippen molar-refractivity contribution in [2.24, 2.45) is 0 Å². The third kappa shape index (κ3) is 5.79. The number of carbonyl (C=O) groups excluding carboxylic acids is 1. The van der Waals surface area contributed by atoms with E-state index in [0.717, 1.165) is 11.1 Å². The summed E-state index contributed by atoms with van der Waals surface area (Å²) in [7, 11) is 4.59. The largest absolute Gasteiger partial charge is 0.504 e. The van der Waals surface area contributed by atoms with Gasteiger partial charge in [0, 0.05) is 6.54 Å². The molecule has 0 bridgehead atoms. The van der Waals surface area contributed by atoms with Gasteiger partial charge in [-0.1, -0.05) is 30.4 Å². The van der Waals surface area contributed by atoms with Gasteiger partial charge in [-0.2, -0.15) is 5.26 Å². The Kier molecular flexibility index (Phi) is 8.33. The van der Waals surface area contributed by atoms with E-state index in [1.807, 2.05) is 18.2 Å². The number of rotatable bonds is 9. The molecule has 2 aromatic carbocycles. The molecule has 0 aromatic heterocycles. The van der Waals surface area contributed by atoms with Crippen LogP contribution in [0.15, 0.2) is 54.1 Å². The molecule has 0 fully saturated rings. The number of para-hydroxylation sites is 1. The molecule has 0 unspecified atom stereocenters. The van der Waals surface area contributed by atoms with Crippen molar-refractivity contribution in [2.45, 2.75) is 6.42 Å². The van der Waals surface area contributed by atoms with E-state index < -0.39 is 5.91 Å². The molecule has 156 valence electrons. The average Bonchev–Trinajstić information content (AvgIpc) is 2.77. The van der Waals surface area contributed by atoms with Gasteiger partial charge >= 0.3 is 0 Å². The molecule has 0 aliphatic heterocycles. The first kappa shape index (κ1) is 22.4. The van der Waals surface area contributed by atoms with Crippen LogP contribution in [0.5, 0.6) is 23.0 Å². The quantitative estimate of drug-likeness (QED) is 0.375. The second-order valence-corrected chi connectivity index (χ2v) is 6.14. The van der Waals surface area contributed by atoms with E-state index in [4.69, 9.17) is 14.2 Å². The number of hydrogen-bond acceptors (Lipinski definition) is 6. The Morgan fingerprint density at radius 2 is 1.90 bits per heavy atom. The van der Waals surface area contributed by atoms with Crippen molar-refractivity contribution < 1.29 is 24.1 Å². The molecule has 0 aliphatic rings. The predicted molar refractivity (Wildman–Crippen MR) is 114 cm³/mol. The zero-order valence-electron chi connectivity index (χ0n) is 17.1. The number of nitrogens with one attached hydrogen (secondary N) is 1. The number of carbonyl (C=O) groups is 1. The topological polar surface area (TPSA) is 101 Å². The van der Waals surface area contributed by atoms with Crippen LogP contribution >= 0.6 is 0 Å². The SMILES string of the molecule is COc1cc(/C=C/C=C(\C#N)C(=O)NCCc2cccc(OC)c2OC)ccc1O. The highest BCUT2D eigenvalue weighted by molar-refractivity contribution is 5.97. The van der Waals surface area contributed by atoms with Gasteiger partial charge < -0.3 is 24.6 Å². The summed E-state index contributed by atoms with van der Waals surface area (Å²) in [5.74, 6) is 1.15. The maximum absolute atomic E-state index is 12.3. The Balaban J connectivity index is 1.99. The molecule has 0 radical (unpaired) electrons. The van der Waals surface area contributed by atoms with Crippen LogP contribution in [0.1, 0.15) is 11.1 Å². The van der Waals surface area contributed by atoms with Crippen LogP contribution in [0.3, 0.4) is 0 Å². The van der Waals surface area contributed by atoms with Gasteiger partial charge in [0.1, 0.15) is 11.6 Å². The fourth-order valence-electron chi connectivity index (χ4n) is 2.77. The van der Waals surface area contributed by atoms with Gasteiger partial charge in [0.25, 0.3) is 5.91 Å². The minimum absolute atomic E-state index is 0.0189. The van der Waals surface area contributed by atoms with Crippen LogP contribution in [-0.4, -0.2) is 38.9 Å². The number of allylic oxidation sites excluding steroid dienone is 2. The van der Waals surface area contributed by atoms with Crippen LogP contribution in [0.4, 0.5) is 0 Å². The maximum Gasteiger partial charge on any atom is 0.261 e. The molecular weight excluding hydrogens is 384 g/mol. The van der Waals surface area contributed by atoms with Crippen molar-refractivity contribution in [1.82, 2.24) is 5.32 Å². The fraction of sp³-hybridized carbons (Fsp3) is 0.217. The van der Waals surface area contributed by atoms with Gasteiger partial charge in [-0.05, 0) is 41.8 Å². The normalized spacial score (nSPS) is 11.1. The average molecular weight is 408 g/mol. The van der Waals surface area contributed by atoms with E-state index >= 15 is 0 Å². The molecule has 7 nitrogen and oxygen atoms in total. The van der Waals surface area contributed by atoms with Gasteiger partial charge in [0.05, 0.1) is 21.3 Å². The molecule has 2 aromatic rings. The molecule has 0 heterocycles. The molecule has 0 aliphatic carbocycles. The fourth-order valence-corrected chi connectivity index (χ4v) is 2.77. The number of methoxy groups -OCH3 is 3.